The second kappa shape index (κ2) is 6.42. The molecule has 25 heavy (non-hydrogen) atoms. The van der Waals surface area contributed by atoms with Gasteiger partial charge in [0.15, 0.2) is 5.65 Å². The molecule has 9 heteroatoms. The number of pyridine rings is 1. The standard InChI is InChI=1S/C16H14F3N5O/c17-16(18,19)7-8-21-14(25)11-3-1-10(2-4-11)12-5-6-13-22-15(20)23-24(13)9-12/h1-6,9H,7-8H2,(H2,20,23)(H,21,25). The van der Waals surface area contributed by atoms with Crippen molar-refractivity contribution in [1.82, 2.24) is 19.9 Å². The van der Waals surface area contributed by atoms with Crippen LogP contribution in [-0.2, 0) is 0 Å². The summed E-state index contributed by atoms with van der Waals surface area (Å²) in [6.07, 6.45) is -3.60. The van der Waals surface area contributed by atoms with E-state index >= 15 is 0 Å². The van der Waals surface area contributed by atoms with E-state index in [1.165, 1.54) is 0 Å². The van der Waals surface area contributed by atoms with Gasteiger partial charge in [-0.1, -0.05) is 12.1 Å². The second-order valence-electron chi connectivity index (χ2n) is 5.39. The zero-order valence-corrected chi connectivity index (χ0v) is 12.9. The van der Waals surface area contributed by atoms with E-state index in [2.05, 4.69) is 15.4 Å². The van der Waals surface area contributed by atoms with Crippen LogP contribution in [0.3, 0.4) is 0 Å². The molecule has 0 aliphatic carbocycles. The summed E-state index contributed by atoms with van der Waals surface area (Å²) >= 11 is 0. The molecule has 1 amide bonds. The molecule has 0 bridgehead atoms. The molecule has 130 valence electrons. The van der Waals surface area contributed by atoms with Crippen molar-refractivity contribution >= 4 is 17.5 Å². The number of carbonyl (C=O) groups excluding carboxylic acids is 1. The number of fused-ring (bicyclic) bond motifs is 1. The lowest BCUT2D eigenvalue weighted by atomic mass is 10.1. The first kappa shape index (κ1) is 16.7. The number of nitrogens with zero attached hydrogens (tertiary/aromatic N) is 3. The van der Waals surface area contributed by atoms with Gasteiger partial charge in [-0.25, -0.2) is 4.52 Å². The Morgan fingerprint density at radius 2 is 1.80 bits per heavy atom. The van der Waals surface area contributed by atoms with E-state index in [1.54, 1.807) is 41.0 Å². The topological polar surface area (TPSA) is 85.3 Å². The van der Waals surface area contributed by atoms with Crippen molar-refractivity contribution in [3.63, 3.8) is 0 Å². The molecule has 0 unspecified atom stereocenters. The Morgan fingerprint density at radius 1 is 1.12 bits per heavy atom. The third-order valence-electron chi connectivity index (χ3n) is 3.52. The lowest BCUT2D eigenvalue weighted by Gasteiger charge is -2.08. The van der Waals surface area contributed by atoms with Crippen molar-refractivity contribution in [2.45, 2.75) is 12.6 Å². The van der Waals surface area contributed by atoms with Gasteiger partial charge < -0.3 is 11.1 Å². The Labute approximate surface area is 140 Å². The van der Waals surface area contributed by atoms with Crippen molar-refractivity contribution in [2.24, 2.45) is 0 Å². The molecular formula is C16H14F3N5O. The minimum absolute atomic E-state index is 0.169. The molecule has 3 aromatic rings. The van der Waals surface area contributed by atoms with E-state index in [0.29, 0.717) is 5.65 Å². The smallest absolute Gasteiger partial charge is 0.366 e. The van der Waals surface area contributed by atoms with Crippen LogP contribution in [0.25, 0.3) is 16.8 Å². The predicted octanol–water partition coefficient (Wildman–Crippen LogP) is 2.66. The summed E-state index contributed by atoms with van der Waals surface area (Å²) in [4.78, 5) is 15.9. The van der Waals surface area contributed by atoms with Gasteiger partial charge in [0.2, 0.25) is 5.95 Å². The monoisotopic (exact) mass is 349 g/mol. The summed E-state index contributed by atoms with van der Waals surface area (Å²) < 4.78 is 37.8. The minimum Gasteiger partial charge on any atom is -0.366 e. The highest BCUT2D eigenvalue weighted by Gasteiger charge is 2.26. The number of carbonyl (C=O) groups is 1. The molecule has 1 aromatic carbocycles. The van der Waals surface area contributed by atoms with Gasteiger partial charge in [-0.2, -0.15) is 18.2 Å². The second-order valence-corrected chi connectivity index (χ2v) is 5.39. The Bertz CT molecular complexity index is 902. The number of amides is 1. The highest BCUT2D eigenvalue weighted by atomic mass is 19.4. The van der Waals surface area contributed by atoms with Crippen LogP contribution in [0.2, 0.25) is 0 Å². The molecule has 0 radical (unpaired) electrons. The lowest BCUT2D eigenvalue weighted by molar-refractivity contribution is -0.132. The number of nitrogens with one attached hydrogen (secondary N) is 1. The highest BCUT2D eigenvalue weighted by Crippen LogP contribution is 2.21. The van der Waals surface area contributed by atoms with Gasteiger partial charge in [-0.15, -0.1) is 5.10 Å². The van der Waals surface area contributed by atoms with Crippen LogP contribution in [0, 0.1) is 0 Å². The molecule has 3 N–H and O–H groups in total. The molecule has 0 spiro atoms. The van der Waals surface area contributed by atoms with E-state index in [0.717, 1.165) is 11.1 Å². The number of anilines is 1. The maximum Gasteiger partial charge on any atom is 0.390 e. The maximum atomic E-state index is 12.1. The van der Waals surface area contributed by atoms with Gasteiger partial charge in [0, 0.05) is 23.9 Å². The molecule has 2 aromatic heterocycles. The van der Waals surface area contributed by atoms with Gasteiger partial charge in [0.05, 0.1) is 6.42 Å². The predicted molar refractivity (Wildman–Crippen MR) is 85.8 cm³/mol. The average molecular weight is 349 g/mol. The zero-order valence-electron chi connectivity index (χ0n) is 12.9. The molecular weight excluding hydrogens is 335 g/mol. The molecule has 0 fully saturated rings. The van der Waals surface area contributed by atoms with E-state index in [9.17, 15) is 18.0 Å². The lowest BCUT2D eigenvalue weighted by Crippen LogP contribution is -2.27. The normalized spacial score (nSPS) is 11.6. The van der Waals surface area contributed by atoms with Gasteiger partial charge in [0.1, 0.15) is 0 Å². The highest BCUT2D eigenvalue weighted by molar-refractivity contribution is 5.94. The van der Waals surface area contributed by atoms with Crippen molar-refractivity contribution in [3.05, 3.63) is 48.2 Å². The summed E-state index contributed by atoms with van der Waals surface area (Å²) in [6, 6.07) is 10.1. The van der Waals surface area contributed by atoms with Crippen LogP contribution in [0.1, 0.15) is 16.8 Å². The Hall–Kier alpha value is -3.10. The Morgan fingerprint density at radius 3 is 2.48 bits per heavy atom. The van der Waals surface area contributed by atoms with Gasteiger partial charge in [-0.05, 0) is 29.8 Å². The van der Waals surface area contributed by atoms with Gasteiger partial charge >= 0.3 is 6.18 Å². The van der Waals surface area contributed by atoms with Crippen LogP contribution in [-0.4, -0.2) is 33.2 Å². The summed E-state index contributed by atoms with van der Waals surface area (Å²) in [6.45, 7) is -0.450. The Balaban J connectivity index is 1.71. The number of hydrogen-bond acceptors (Lipinski definition) is 4. The average Bonchev–Trinajstić information content (AvgIpc) is 2.92. The van der Waals surface area contributed by atoms with Crippen LogP contribution in [0.15, 0.2) is 42.6 Å². The number of benzene rings is 1. The van der Waals surface area contributed by atoms with Crippen LogP contribution >= 0.6 is 0 Å². The minimum atomic E-state index is -4.29. The van der Waals surface area contributed by atoms with Crippen molar-refractivity contribution in [3.8, 4) is 11.1 Å². The molecule has 0 aliphatic rings. The number of rotatable bonds is 4. The fourth-order valence-corrected chi connectivity index (χ4v) is 2.30. The van der Waals surface area contributed by atoms with Crippen molar-refractivity contribution in [1.29, 1.82) is 0 Å². The fourth-order valence-electron chi connectivity index (χ4n) is 2.30. The maximum absolute atomic E-state index is 12.1. The van der Waals surface area contributed by atoms with E-state index < -0.39 is 25.0 Å². The first-order valence-corrected chi connectivity index (χ1v) is 7.39. The van der Waals surface area contributed by atoms with Crippen molar-refractivity contribution in [2.75, 3.05) is 12.3 Å². The number of aromatic nitrogens is 3. The van der Waals surface area contributed by atoms with E-state index in [-0.39, 0.29) is 11.5 Å². The first-order chi connectivity index (χ1) is 11.8. The fraction of sp³-hybridized carbons (Fsp3) is 0.188. The number of nitrogen functional groups attached to an aromatic ring is 1. The van der Waals surface area contributed by atoms with Crippen LogP contribution in [0.4, 0.5) is 19.1 Å². The number of hydrogen-bond donors (Lipinski definition) is 2. The SMILES string of the molecule is Nc1nc2ccc(-c3ccc(C(=O)NCCC(F)(F)F)cc3)cn2n1. The summed E-state index contributed by atoms with van der Waals surface area (Å²) in [7, 11) is 0. The number of halogens is 3. The van der Waals surface area contributed by atoms with Gasteiger partial charge in [-0.3, -0.25) is 4.79 Å². The Kier molecular flexibility index (Phi) is 4.30. The molecule has 0 aliphatic heterocycles. The van der Waals surface area contributed by atoms with Crippen molar-refractivity contribution < 1.29 is 18.0 Å². The third-order valence-corrected chi connectivity index (χ3v) is 3.52. The van der Waals surface area contributed by atoms with Crippen LogP contribution < -0.4 is 11.1 Å². The van der Waals surface area contributed by atoms with Crippen LogP contribution in [0.5, 0.6) is 0 Å². The van der Waals surface area contributed by atoms with Gasteiger partial charge in [0.25, 0.3) is 5.91 Å². The number of alkyl halides is 3. The summed E-state index contributed by atoms with van der Waals surface area (Å²) in [5.74, 6) is -0.377. The molecule has 0 saturated heterocycles. The third kappa shape index (κ3) is 4.06. The quantitative estimate of drug-likeness (QED) is 0.758. The first-order valence-electron chi connectivity index (χ1n) is 7.39. The number of nitrogens with two attached hydrogens (primary N) is 1. The van der Waals surface area contributed by atoms with E-state index in [1.807, 2.05) is 6.07 Å². The molecule has 0 saturated carbocycles. The summed E-state index contributed by atoms with van der Waals surface area (Å²) in [5.41, 5.74) is 8.10. The largest absolute Gasteiger partial charge is 0.390 e. The molecule has 3 rings (SSSR count). The summed E-state index contributed by atoms with van der Waals surface area (Å²) in [5, 5.41) is 6.27. The molecule has 6 nitrogen and oxygen atoms in total. The molecule has 2 heterocycles. The van der Waals surface area contributed by atoms with E-state index in [4.69, 9.17) is 5.73 Å². The molecule has 0 atom stereocenters. The zero-order chi connectivity index (χ0) is 18.0.